The second-order valence-corrected chi connectivity index (χ2v) is 8.69. The molecule has 2 unspecified atom stereocenters. The number of halogens is 1. The molecule has 2 aliphatic carbocycles. The highest BCUT2D eigenvalue weighted by Crippen LogP contribution is 2.41. The van der Waals surface area contributed by atoms with Crippen molar-refractivity contribution < 1.29 is 14.4 Å². The first-order valence-electron chi connectivity index (χ1n) is 10.7. The number of hydrogen-bond acceptors (Lipinski definition) is 4. The van der Waals surface area contributed by atoms with Crippen LogP contribution in [0.5, 0.6) is 0 Å². The van der Waals surface area contributed by atoms with E-state index in [1.807, 2.05) is 12.1 Å². The van der Waals surface area contributed by atoms with E-state index < -0.39 is 0 Å². The zero-order chi connectivity index (χ0) is 20.4. The van der Waals surface area contributed by atoms with Crippen LogP contribution in [0.2, 0.25) is 0 Å². The molecule has 3 aliphatic rings. The Bertz CT molecular complexity index is 771. The van der Waals surface area contributed by atoms with Gasteiger partial charge in [-0.15, -0.1) is 12.4 Å². The van der Waals surface area contributed by atoms with E-state index in [2.05, 4.69) is 10.6 Å². The fraction of sp³-hybridized carbons (Fsp3) is 0.591. The molecule has 1 aromatic rings. The topological polar surface area (TPSA) is 105 Å². The van der Waals surface area contributed by atoms with Crippen LogP contribution in [0, 0.1) is 17.8 Å². The molecule has 3 amide bonds. The summed E-state index contributed by atoms with van der Waals surface area (Å²) in [7, 11) is 0. The zero-order valence-corrected chi connectivity index (χ0v) is 18.0. The number of rotatable bonds is 4. The summed E-state index contributed by atoms with van der Waals surface area (Å²) in [4.78, 5) is 38.2. The SMILES string of the molecule is Cl.NC1C2CCCC1CC(C(=O)NCc1ccc(C(=O)N3CCNC(=O)C3)cc1)C2. The number of amides is 3. The van der Waals surface area contributed by atoms with E-state index in [9.17, 15) is 14.4 Å². The number of carbonyl (C=O) groups excluding carboxylic acids is 3. The lowest BCUT2D eigenvalue weighted by atomic mass is 9.65. The minimum atomic E-state index is -0.138. The van der Waals surface area contributed by atoms with Crippen molar-refractivity contribution in [3.8, 4) is 0 Å². The predicted molar refractivity (Wildman–Crippen MR) is 116 cm³/mol. The summed E-state index contributed by atoms with van der Waals surface area (Å²) in [6.45, 7) is 1.57. The summed E-state index contributed by atoms with van der Waals surface area (Å²) >= 11 is 0. The summed E-state index contributed by atoms with van der Waals surface area (Å²) in [6, 6.07) is 7.52. The van der Waals surface area contributed by atoms with E-state index in [4.69, 9.17) is 5.73 Å². The average molecular weight is 435 g/mol. The molecule has 1 aromatic carbocycles. The third-order valence-electron chi connectivity index (χ3n) is 6.78. The summed E-state index contributed by atoms with van der Waals surface area (Å²) < 4.78 is 0. The molecular weight excluding hydrogens is 404 g/mol. The quantitative estimate of drug-likeness (QED) is 0.667. The number of fused-ring (bicyclic) bond motifs is 2. The Labute approximate surface area is 183 Å². The third-order valence-corrected chi connectivity index (χ3v) is 6.78. The molecular formula is C22H31ClN4O3. The fourth-order valence-corrected chi connectivity index (χ4v) is 5.10. The molecule has 2 saturated carbocycles. The van der Waals surface area contributed by atoms with Gasteiger partial charge in [-0.3, -0.25) is 14.4 Å². The monoisotopic (exact) mass is 434 g/mol. The Morgan fingerprint density at radius 1 is 1.13 bits per heavy atom. The molecule has 3 fully saturated rings. The minimum absolute atomic E-state index is 0. The smallest absolute Gasteiger partial charge is 0.254 e. The largest absolute Gasteiger partial charge is 0.353 e. The molecule has 1 saturated heterocycles. The summed E-state index contributed by atoms with van der Waals surface area (Å²) in [5, 5.41) is 5.78. The van der Waals surface area contributed by atoms with Crippen LogP contribution in [-0.4, -0.2) is 48.3 Å². The highest BCUT2D eigenvalue weighted by atomic mass is 35.5. The highest BCUT2D eigenvalue weighted by molar-refractivity contribution is 5.97. The Kier molecular flexibility index (Phi) is 7.36. The van der Waals surface area contributed by atoms with Gasteiger partial charge in [-0.05, 0) is 55.2 Å². The fourth-order valence-electron chi connectivity index (χ4n) is 5.10. The third kappa shape index (κ3) is 4.95. The Hall–Kier alpha value is -2.12. The Morgan fingerprint density at radius 3 is 2.43 bits per heavy atom. The molecule has 0 spiro atoms. The molecule has 164 valence electrons. The molecule has 1 aliphatic heterocycles. The average Bonchev–Trinajstić information content (AvgIpc) is 2.71. The number of nitrogens with two attached hydrogens (primary N) is 1. The molecule has 7 nitrogen and oxygen atoms in total. The second kappa shape index (κ2) is 9.79. The number of nitrogens with zero attached hydrogens (tertiary/aromatic N) is 1. The van der Waals surface area contributed by atoms with Crippen molar-refractivity contribution in [2.45, 2.75) is 44.7 Å². The lowest BCUT2D eigenvalue weighted by molar-refractivity contribution is -0.128. The lowest BCUT2D eigenvalue weighted by Gasteiger charge is -2.43. The van der Waals surface area contributed by atoms with Gasteiger partial charge < -0.3 is 21.3 Å². The molecule has 0 radical (unpaired) electrons. The van der Waals surface area contributed by atoms with Crippen LogP contribution in [0.15, 0.2) is 24.3 Å². The molecule has 0 aromatic heterocycles. The van der Waals surface area contributed by atoms with Gasteiger partial charge in [-0.1, -0.05) is 18.6 Å². The normalized spacial score (nSPS) is 28.2. The van der Waals surface area contributed by atoms with Crippen LogP contribution < -0.4 is 16.4 Å². The van der Waals surface area contributed by atoms with Gasteiger partial charge in [0.05, 0.1) is 6.54 Å². The van der Waals surface area contributed by atoms with Gasteiger partial charge in [0.15, 0.2) is 0 Å². The van der Waals surface area contributed by atoms with Gasteiger partial charge in [0, 0.05) is 37.2 Å². The van der Waals surface area contributed by atoms with Crippen LogP contribution in [-0.2, 0) is 16.1 Å². The van der Waals surface area contributed by atoms with Crippen molar-refractivity contribution in [1.29, 1.82) is 0 Å². The maximum Gasteiger partial charge on any atom is 0.254 e. The minimum Gasteiger partial charge on any atom is -0.353 e. The summed E-state index contributed by atoms with van der Waals surface area (Å²) in [5.41, 5.74) is 7.84. The molecule has 8 heteroatoms. The van der Waals surface area contributed by atoms with Crippen LogP contribution in [0.4, 0.5) is 0 Å². The van der Waals surface area contributed by atoms with Gasteiger partial charge in [-0.25, -0.2) is 0 Å². The number of hydrogen-bond donors (Lipinski definition) is 3. The zero-order valence-electron chi connectivity index (χ0n) is 17.1. The van der Waals surface area contributed by atoms with E-state index in [1.54, 1.807) is 17.0 Å². The van der Waals surface area contributed by atoms with E-state index in [-0.39, 0.29) is 48.6 Å². The van der Waals surface area contributed by atoms with E-state index in [1.165, 1.54) is 6.42 Å². The first kappa shape index (κ1) is 22.6. The van der Waals surface area contributed by atoms with Crippen molar-refractivity contribution in [2.24, 2.45) is 23.5 Å². The number of piperazine rings is 1. The first-order valence-corrected chi connectivity index (χ1v) is 10.7. The molecule has 1 heterocycles. The second-order valence-electron chi connectivity index (χ2n) is 8.69. The van der Waals surface area contributed by atoms with Crippen LogP contribution in [0.3, 0.4) is 0 Å². The molecule has 2 bridgehead atoms. The molecule has 2 atom stereocenters. The first-order chi connectivity index (χ1) is 14.0. The van der Waals surface area contributed by atoms with Crippen LogP contribution >= 0.6 is 12.4 Å². The highest BCUT2D eigenvalue weighted by Gasteiger charge is 2.40. The van der Waals surface area contributed by atoms with Crippen molar-refractivity contribution in [3.63, 3.8) is 0 Å². The maximum absolute atomic E-state index is 12.7. The van der Waals surface area contributed by atoms with Gasteiger partial charge in [-0.2, -0.15) is 0 Å². The molecule has 4 rings (SSSR count). The van der Waals surface area contributed by atoms with Gasteiger partial charge in [0.25, 0.3) is 5.91 Å². The van der Waals surface area contributed by atoms with E-state index >= 15 is 0 Å². The van der Waals surface area contributed by atoms with Gasteiger partial charge in [0.1, 0.15) is 0 Å². The number of carbonyl (C=O) groups is 3. The maximum atomic E-state index is 12.7. The number of benzene rings is 1. The lowest BCUT2D eigenvalue weighted by Crippen LogP contribution is -2.49. The van der Waals surface area contributed by atoms with Crippen LogP contribution in [0.1, 0.15) is 48.0 Å². The number of nitrogens with one attached hydrogen (secondary N) is 2. The summed E-state index contributed by atoms with van der Waals surface area (Å²) in [6.07, 6.45) is 5.34. The van der Waals surface area contributed by atoms with Crippen molar-refractivity contribution in [1.82, 2.24) is 15.5 Å². The van der Waals surface area contributed by atoms with Crippen molar-refractivity contribution in [3.05, 3.63) is 35.4 Å². The molecule has 4 N–H and O–H groups in total. The Morgan fingerprint density at radius 2 is 1.80 bits per heavy atom. The van der Waals surface area contributed by atoms with Crippen molar-refractivity contribution in [2.75, 3.05) is 19.6 Å². The van der Waals surface area contributed by atoms with Crippen LogP contribution in [0.25, 0.3) is 0 Å². The van der Waals surface area contributed by atoms with E-state index in [0.29, 0.717) is 37.0 Å². The van der Waals surface area contributed by atoms with Crippen molar-refractivity contribution >= 4 is 30.1 Å². The van der Waals surface area contributed by atoms with Gasteiger partial charge in [0.2, 0.25) is 11.8 Å². The van der Waals surface area contributed by atoms with Gasteiger partial charge >= 0.3 is 0 Å². The molecule has 30 heavy (non-hydrogen) atoms. The standard InChI is InChI=1S/C22H30N4O3.ClH/c23-20-16-2-1-3-17(20)11-18(10-16)21(28)25-12-14-4-6-15(7-5-14)22(29)26-9-8-24-19(27)13-26;/h4-7,16-18,20H,1-3,8-13,23H2,(H,24,27)(H,25,28);1H. The summed E-state index contributed by atoms with van der Waals surface area (Å²) in [5.74, 6) is 0.891. The Balaban J connectivity index is 0.00000256. The van der Waals surface area contributed by atoms with E-state index in [0.717, 1.165) is 31.2 Å². The predicted octanol–water partition coefficient (Wildman–Crippen LogP) is 1.45.